The Morgan fingerprint density at radius 2 is 1.52 bits per heavy atom. The van der Waals surface area contributed by atoms with Crippen LogP contribution in [0.15, 0.2) is 91.3 Å². The van der Waals surface area contributed by atoms with Gasteiger partial charge in [-0.2, -0.15) is 5.26 Å². The van der Waals surface area contributed by atoms with Crippen molar-refractivity contribution in [1.29, 1.82) is 5.26 Å². The minimum Gasteiger partial charge on any atom is -0.361 e. The number of ether oxygens (including phenoxy) is 1. The van der Waals surface area contributed by atoms with Crippen LogP contribution in [0.3, 0.4) is 0 Å². The summed E-state index contributed by atoms with van der Waals surface area (Å²) in [6, 6.07) is 27.6. The van der Waals surface area contributed by atoms with E-state index in [9.17, 15) is 14.9 Å². The molecular weight excluding hydrogens is 500 g/mol. The Morgan fingerprint density at radius 1 is 0.900 bits per heavy atom. The number of rotatable bonds is 4. The molecule has 1 aliphatic heterocycles. The second-order valence-electron chi connectivity index (χ2n) is 9.86. The number of fused-ring (bicyclic) bond motifs is 10. The molecule has 0 aliphatic carbocycles. The van der Waals surface area contributed by atoms with E-state index < -0.39 is 6.10 Å². The predicted octanol–water partition coefficient (Wildman–Crippen LogP) is 5.33. The van der Waals surface area contributed by atoms with Crippen LogP contribution in [0, 0.1) is 11.3 Å². The molecule has 0 saturated carbocycles. The number of hydrogen-bond donors (Lipinski definition) is 1. The monoisotopic (exact) mass is 528 g/mol. The second-order valence-corrected chi connectivity index (χ2v) is 9.86. The fourth-order valence-corrected chi connectivity index (χ4v) is 5.53. The van der Waals surface area contributed by atoms with E-state index >= 15 is 0 Å². The van der Waals surface area contributed by atoms with Crippen molar-refractivity contribution in [2.75, 3.05) is 6.61 Å². The van der Waals surface area contributed by atoms with Gasteiger partial charge >= 0.3 is 0 Å². The van der Waals surface area contributed by atoms with E-state index in [1.54, 1.807) is 0 Å². The second kappa shape index (κ2) is 11.0. The Labute approximate surface area is 231 Å². The van der Waals surface area contributed by atoms with Crippen LogP contribution in [0.1, 0.15) is 23.1 Å². The number of nitriles is 1. The van der Waals surface area contributed by atoms with Crippen molar-refractivity contribution in [3.8, 4) is 6.07 Å². The van der Waals surface area contributed by atoms with E-state index in [0.29, 0.717) is 54.9 Å². The fraction of sp³-hybridized carbons (Fsp3) is 0.182. The number of nitrogens with zero attached hydrogens (tertiary/aromatic N) is 3. The van der Waals surface area contributed by atoms with Gasteiger partial charge < -0.3 is 19.2 Å². The SMILES string of the molecule is N#C[C@@H]1CCn2cc(c3ccccc32)/C(C=O)=C(/C(=O)NCc2ccccc2)c2cn(c3ccccc23)CCO1. The smallest absolute Gasteiger partial charge is 0.252 e. The van der Waals surface area contributed by atoms with Gasteiger partial charge in [-0.15, -0.1) is 0 Å². The summed E-state index contributed by atoms with van der Waals surface area (Å²) in [5, 5.41) is 14.5. The summed E-state index contributed by atoms with van der Waals surface area (Å²) in [4.78, 5) is 27.0. The van der Waals surface area contributed by atoms with Crippen LogP contribution in [0.5, 0.6) is 0 Å². The van der Waals surface area contributed by atoms with Crippen LogP contribution < -0.4 is 5.32 Å². The predicted molar refractivity (Wildman–Crippen MR) is 155 cm³/mol. The Morgan fingerprint density at radius 3 is 2.23 bits per heavy atom. The van der Waals surface area contributed by atoms with E-state index in [-0.39, 0.29) is 5.91 Å². The molecule has 0 spiro atoms. The van der Waals surface area contributed by atoms with Crippen LogP contribution in [-0.4, -0.2) is 34.0 Å². The molecule has 7 nitrogen and oxygen atoms in total. The lowest BCUT2D eigenvalue weighted by Gasteiger charge is -2.14. The molecule has 7 heteroatoms. The Bertz CT molecular complexity index is 1790. The summed E-state index contributed by atoms with van der Waals surface area (Å²) in [5.74, 6) is -0.321. The number of carbonyl (C=O) groups excluding carboxylic acids is 2. The fourth-order valence-electron chi connectivity index (χ4n) is 5.53. The molecule has 40 heavy (non-hydrogen) atoms. The molecule has 3 aromatic carbocycles. The number of para-hydroxylation sites is 2. The number of carbonyl (C=O) groups is 2. The number of aryl methyl sites for hydroxylation is 1. The van der Waals surface area contributed by atoms with Crippen LogP contribution in [-0.2, 0) is 34.0 Å². The maximum absolute atomic E-state index is 14.1. The lowest BCUT2D eigenvalue weighted by atomic mass is 9.94. The third-order valence-electron chi connectivity index (χ3n) is 7.47. The van der Waals surface area contributed by atoms with Gasteiger partial charge in [0.15, 0.2) is 6.29 Å². The molecule has 1 aliphatic rings. The van der Waals surface area contributed by atoms with Gasteiger partial charge in [0.25, 0.3) is 5.91 Å². The molecule has 5 aromatic rings. The number of aldehydes is 1. The van der Waals surface area contributed by atoms with Crippen LogP contribution >= 0.6 is 0 Å². The zero-order chi connectivity index (χ0) is 27.5. The highest BCUT2D eigenvalue weighted by molar-refractivity contribution is 6.38. The van der Waals surface area contributed by atoms with E-state index in [1.807, 2.05) is 100 Å². The highest BCUT2D eigenvalue weighted by atomic mass is 16.5. The summed E-state index contributed by atoms with van der Waals surface area (Å²) in [6.07, 6.45) is 4.56. The van der Waals surface area contributed by atoms with Gasteiger partial charge in [-0.05, 0) is 17.7 Å². The van der Waals surface area contributed by atoms with Crippen molar-refractivity contribution < 1.29 is 14.3 Å². The summed E-state index contributed by atoms with van der Waals surface area (Å²) in [5.41, 5.74) is 4.83. The zero-order valence-corrected chi connectivity index (χ0v) is 21.9. The Hall–Kier alpha value is -4.93. The van der Waals surface area contributed by atoms with E-state index in [2.05, 4.69) is 11.4 Å². The van der Waals surface area contributed by atoms with Crippen molar-refractivity contribution in [1.82, 2.24) is 14.5 Å². The van der Waals surface area contributed by atoms with E-state index in [1.165, 1.54) is 0 Å². The first-order valence-electron chi connectivity index (χ1n) is 13.4. The molecule has 3 heterocycles. The first kappa shape index (κ1) is 25.4. The van der Waals surface area contributed by atoms with Crippen LogP contribution in [0.2, 0.25) is 0 Å². The van der Waals surface area contributed by atoms with Crippen molar-refractivity contribution in [2.24, 2.45) is 0 Å². The molecule has 0 radical (unpaired) electrons. The minimum absolute atomic E-state index is 0.321. The Kier molecular flexibility index (Phi) is 7.00. The zero-order valence-electron chi connectivity index (χ0n) is 21.9. The van der Waals surface area contributed by atoms with Gasteiger partial charge in [-0.25, -0.2) is 0 Å². The number of hydrogen-bond acceptors (Lipinski definition) is 4. The molecule has 0 fully saturated rings. The topological polar surface area (TPSA) is 89.0 Å². The Balaban J connectivity index is 1.60. The number of aromatic nitrogens is 2. The standard InChI is InChI=1S/C33H28N4O3/c34-18-24-14-15-36-20-27(25-10-4-6-12-30(25)36)29(22-38)32(33(39)35-19-23-8-2-1-3-9-23)28-21-37(16-17-40-24)31-13-7-5-11-26(28)31/h1-13,20-22,24H,14-17,19H2,(H,35,39)/b32-29+/t24-/m0/s1. The number of benzene rings is 3. The number of allylic oxidation sites excluding steroid dienone is 1. The molecule has 2 aromatic heterocycles. The van der Waals surface area contributed by atoms with Crippen molar-refractivity contribution >= 4 is 45.1 Å². The number of amides is 1. The highest BCUT2D eigenvalue weighted by Crippen LogP contribution is 2.36. The average molecular weight is 529 g/mol. The summed E-state index contributed by atoms with van der Waals surface area (Å²) in [7, 11) is 0. The lowest BCUT2D eigenvalue weighted by molar-refractivity contribution is -0.116. The maximum atomic E-state index is 14.1. The molecule has 6 rings (SSSR count). The quantitative estimate of drug-likeness (QED) is 0.319. The summed E-state index contributed by atoms with van der Waals surface area (Å²) >= 11 is 0. The average Bonchev–Trinajstić information content (AvgIpc) is 3.55. The minimum atomic E-state index is -0.561. The van der Waals surface area contributed by atoms with Gasteiger partial charge in [0.2, 0.25) is 0 Å². The van der Waals surface area contributed by atoms with Gasteiger partial charge in [0, 0.05) is 77.0 Å². The number of nitrogens with one attached hydrogen (secondary N) is 1. The third-order valence-corrected chi connectivity index (χ3v) is 7.47. The summed E-state index contributed by atoms with van der Waals surface area (Å²) < 4.78 is 10.0. The molecule has 0 saturated heterocycles. The van der Waals surface area contributed by atoms with E-state index in [4.69, 9.17) is 4.74 Å². The highest BCUT2D eigenvalue weighted by Gasteiger charge is 2.25. The van der Waals surface area contributed by atoms with Gasteiger partial charge in [-0.3, -0.25) is 9.59 Å². The first-order valence-corrected chi connectivity index (χ1v) is 13.4. The van der Waals surface area contributed by atoms with Crippen molar-refractivity contribution in [3.05, 3.63) is 108 Å². The molecule has 1 amide bonds. The van der Waals surface area contributed by atoms with Gasteiger partial charge in [0.1, 0.15) is 6.10 Å². The molecule has 1 N–H and O–H groups in total. The van der Waals surface area contributed by atoms with Gasteiger partial charge in [0.05, 0.1) is 18.2 Å². The molecule has 0 unspecified atom stereocenters. The van der Waals surface area contributed by atoms with Crippen LogP contribution in [0.25, 0.3) is 33.0 Å². The molecular formula is C33H28N4O3. The maximum Gasteiger partial charge on any atom is 0.252 e. The normalized spacial score (nSPS) is 17.7. The molecule has 4 bridgehead atoms. The third kappa shape index (κ3) is 4.70. The van der Waals surface area contributed by atoms with E-state index in [0.717, 1.165) is 33.7 Å². The van der Waals surface area contributed by atoms with Crippen molar-refractivity contribution in [3.63, 3.8) is 0 Å². The first-order chi connectivity index (χ1) is 19.7. The summed E-state index contributed by atoms with van der Waals surface area (Å²) in [6.45, 7) is 1.71. The van der Waals surface area contributed by atoms with Crippen LogP contribution in [0.4, 0.5) is 0 Å². The molecule has 198 valence electrons. The largest absolute Gasteiger partial charge is 0.361 e. The van der Waals surface area contributed by atoms with Crippen molar-refractivity contribution in [2.45, 2.75) is 32.2 Å². The molecule has 1 atom stereocenters. The lowest BCUT2D eigenvalue weighted by Crippen LogP contribution is -2.25. The van der Waals surface area contributed by atoms with Gasteiger partial charge in [-0.1, -0.05) is 66.7 Å².